The van der Waals surface area contributed by atoms with Crippen LogP contribution in [0.1, 0.15) is 17.2 Å². The van der Waals surface area contributed by atoms with Crippen molar-refractivity contribution in [2.45, 2.75) is 12.6 Å². The molecule has 1 aromatic heterocycles. The molecule has 1 aromatic carbocycles. The van der Waals surface area contributed by atoms with Crippen LogP contribution in [0.25, 0.3) is 0 Å². The summed E-state index contributed by atoms with van der Waals surface area (Å²) >= 11 is 1.64. The first-order chi connectivity index (χ1) is 14.1. The number of benzene rings is 1. The van der Waals surface area contributed by atoms with Gasteiger partial charge < -0.3 is 20.3 Å². The van der Waals surface area contributed by atoms with Crippen LogP contribution >= 0.6 is 11.3 Å². The van der Waals surface area contributed by atoms with Crippen molar-refractivity contribution in [2.24, 2.45) is 0 Å². The Labute approximate surface area is 175 Å². The van der Waals surface area contributed by atoms with E-state index < -0.39 is 11.8 Å². The van der Waals surface area contributed by atoms with E-state index >= 15 is 0 Å². The predicted octanol–water partition coefficient (Wildman–Crippen LogP) is 1.48. The summed E-state index contributed by atoms with van der Waals surface area (Å²) in [5.74, 6) is -0.524. The zero-order valence-electron chi connectivity index (χ0n) is 16.9. The molecule has 0 radical (unpaired) electrons. The summed E-state index contributed by atoms with van der Waals surface area (Å²) in [5, 5.41) is 9.63. The van der Waals surface area contributed by atoms with Gasteiger partial charge in [-0.15, -0.1) is 0 Å². The summed E-state index contributed by atoms with van der Waals surface area (Å²) in [4.78, 5) is 29.2. The number of hydrogen-bond donors (Lipinski definition) is 2. The van der Waals surface area contributed by atoms with Gasteiger partial charge in [-0.1, -0.05) is 12.1 Å². The van der Waals surface area contributed by atoms with E-state index in [4.69, 9.17) is 4.74 Å². The number of carbonyl (C=O) groups is 2. The highest BCUT2D eigenvalue weighted by atomic mass is 32.1. The van der Waals surface area contributed by atoms with E-state index in [1.54, 1.807) is 18.4 Å². The van der Waals surface area contributed by atoms with E-state index in [-0.39, 0.29) is 12.6 Å². The van der Waals surface area contributed by atoms with Gasteiger partial charge in [0.05, 0.1) is 13.2 Å². The first-order valence-electron chi connectivity index (χ1n) is 9.70. The molecule has 29 heavy (non-hydrogen) atoms. The molecule has 1 fully saturated rings. The molecule has 0 aliphatic carbocycles. The van der Waals surface area contributed by atoms with Crippen LogP contribution in [0.4, 0.5) is 0 Å². The second-order valence-corrected chi connectivity index (χ2v) is 7.94. The molecular formula is C21H28N4O3S. The van der Waals surface area contributed by atoms with Crippen molar-refractivity contribution in [1.82, 2.24) is 20.4 Å². The zero-order valence-corrected chi connectivity index (χ0v) is 17.7. The minimum Gasteiger partial charge on any atom is -0.497 e. The maximum Gasteiger partial charge on any atom is 0.309 e. The molecule has 1 aliphatic heterocycles. The van der Waals surface area contributed by atoms with Crippen LogP contribution in [0.2, 0.25) is 0 Å². The lowest BCUT2D eigenvalue weighted by molar-refractivity contribution is -0.139. The van der Waals surface area contributed by atoms with Gasteiger partial charge in [0.25, 0.3) is 0 Å². The predicted molar refractivity (Wildman–Crippen MR) is 114 cm³/mol. The van der Waals surface area contributed by atoms with Crippen molar-refractivity contribution >= 4 is 23.2 Å². The number of thiophene rings is 1. The minimum atomic E-state index is -0.629. The summed E-state index contributed by atoms with van der Waals surface area (Å²) in [6, 6.07) is 9.55. The van der Waals surface area contributed by atoms with E-state index in [2.05, 4.69) is 38.9 Å². The third-order valence-electron chi connectivity index (χ3n) is 5.16. The molecule has 156 valence electrons. The second kappa shape index (κ2) is 10.4. The molecule has 2 N–H and O–H groups in total. The number of piperazine rings is 1. The van der Waals surface area contributed by atoms with Crippen molar-refractivity contribution in [1.29, 1.82) is 0 Å². The Bertz CT molecular complexity index is 804. The van der Waals surface area contributed by atoms with Gasteiger partial charge in [0.1, 0.15) is 5.75 Å². The van der Waals surface area contributed by atoms with Crippen molar-refractivity contribution in [2.75, 3.05) is 46.9 Å². The number of nitrogens with zero attached hydrogens (tertiary/aromatic N) is 2. The Morgan fingerprint density at radius 3 is 2.59 bits per heavy atom. The van der Waals surface area contributed by atoms with Gasteiger partial charge in [-0.3, -0.25) is 14.5 Å². The third-order valence-corrected chi connectivity index (χ3v) is 5.86. The smallest absolute Gasteiger partial charge is 0.309 e. The Morgan fingerprint density at radius 1 is 1.14 bits per heavy atom. The standard InChI is InChI=1S/C21H28N4O3S/c1-24-7-9-25(10-8-24)19(17-6-11-29-15-17)14-23-21(27)20(26)22-13-16-4-3-5-18(12-16)28-2/h3-6,11-12,15,19H,7-10,13-14H2,1-2H3,(H,22,26)(H,23,27). The third kappa shape index (κ3) is 6.03. The average molecular weight is 417 g/mol. The molecule has 8 heteroatoms. The lowest BCUT2D eigenvalue weighted by Crippen LogP contribution is -2.49. The quantitative estimate of drug-likeness (QED) is 0.669. The van der Waals surface area contributed by atoms with Crippen LogP contribution in [-0.4, -0.2) is 68.5 Å². The van der Waals surface area contributed by atoms with Gasteiger partial charge in [0.2, 0.25) is 0 Å². The SMILES string of the molecule is COc1cccc(CNC(=O)C(=O)NCC(c2ccsc2)N2CCN(C)CC2)c1. The number of methoxy groups -OCH3 is 1. The first-order valence-corrected chi connectivity index (χ1v) is 10.6. The maximum atomic E-state index is 12.3. The van der Waals surface area contributed by atoms with Crippen LogP contribution in [0, 0.1) is 0 Å². The van der Waals surface area contributed by atoms with Crippen molar-refractivity contribution in [3.05, 3.63) is 52.2 Å². The molecule has 2 amide bonds. The van der Waals surface area contributed by atoms with Crippen molar-refractivity contribution in [3.8, 4) is 5.75 Å². The van der Waals surface area contributed by atoms with E-state index in [9.17, 15) is 9.59 Å². The highest BCUT2D eigenvalue weighted by molar-refractivity contribution is 7.08. The van der Waals surface area contributed by atoms with Crippen LogP contribution in [0.3, 0.4) is 0 Å². The lowest BCUT2D eigenvalue weighted by Gasteiger charge is -2.37. The normalized spacial score (nSPS) is 16.2. The number of ether oxygens (including phenoxy) is 1. The van der Waals surface area contributed by atoms with E-state index in [0.717, 1.165) is 31.7 Å². The first kappa shape index (κ1) is 21.3. The zero-order chi connectivity index (χ0) is 20.6. The number of carbonyl (C=O) groups excluding carboxylic acids is 2. The number of likely N-dealkylation sites (N-methyl/N-ethyl adjacent to an activating group) is 1. The molecule has 1 aliphatic rings. The molecular weight excluding hydrogens is 388 g/mol. The molecule has 0 bridgehead atoms. The highest BCUT2D eigenvalue weighted by Crippen LogP contribution is 2.23. The van der Waals surface area contributed by atoms with Gasteiger partial charge in [-0.2, -0.15) is 11.3 Å². The molecule has 0 saturated carbocycles. The second-order valence-electron chi connectivity index (χ2n) is 7.16. The largest absolute Gasteiger partial charge is 0.497 e. The maximum absolute atomic E-state index is 12.3. The fourth-order valence-corrected chi connectivity index (χ4v) is 4.08. The molecule has 1 atom stereocenters. The van der Waals surface area contributed by atoms with Gasteiger partial charge in [-0.25, -0.2) is 0 Å². The van der Waals surface area contributed by atoms with Crippen LogP contribution < -0.4 is 15.4 Å². The fraction of sp³-hybridized carbons (Fsp3) is 0.429. The highest BCUT2D eigenvalue weighted by Gasteiger charge is 2.25. The van der Waals surface area contributed by atoms with Gasteiger partial charge in [0, 0.05) is 39.3 Å². The molecule has 7 nitrogen and oxygen atoms in total. The minimum absolute atomic E-state index is 0.0742. The molecule has 1 saturated heterocycles. The number of amides is 2. The summed E-state index contributed by atoms with van der Waals surface area (Å²) in [6.07, 6.45) is 0. The van der Waals surface area contributed by atoms with E-state index in [1.165, 1.54) is 5.56 Å². The molecule has 3 rings (SSSR count). The summed E-state index contributed by atoms with van der Waals surface area (Å²) in [5.41, 5.74) is 2.05. The number of hydrogen-bond acceptors (Lipinski definition) is 6. The monoisotopic (exact) mass is 416 g/mol. The van der Waals surface area contributed by atoms with Gasteiger partial charge in [-0.05, 0) is 47.1 Å². The van der Waals surface area contributed by atoms with Crippen molar-refractivity contribution in [3.63, 3.8) is 0 Å². The Kier molecular flexibility index (Phi) is 7.62. The summed E-state index contributed by atoms with van der Waals surface area (Å²) in [7, 11) is 3.71. The Morgan fingerprint density at radius 2 is 1.90 bits per heavy atom. The van der Waals surface area contributed by atoms with Crippen LogP contribution in [0.5, 0.6) is 5.75 Å². The van der Waals surface area contributed by atoms with Gasteiger partial charge in [0.15, 0.2) is 0 Å². The molecule has 1 unspecified atom stereocenters. The average Bonchev–Trinajstić information content (AvgIpc) is 3.28. The Hall–Kier alpha value is -2.42. The summed E-state index contributed by atoms with van der Waals surface area (Å²) < 4.78 is 5.17. The van der Waals surface area contributed by atoms with Crippen molar-refractivity contribution < 1.29 is 14.3 Å². The van der Waals surface area contributed by atoms with Crippen LogP contribution in [-0.2, 0) is 16.1 Å². The van der Waals surface area contributed by atoms with Crippen LogP contribution in [0.15, 0.2) is 41.1 Å². The lowest BCUT2D eigenvalue weighted by atomic mass is 10.1. The van der Waals surface area contributed by atoms with Gasteiger partial charge >= 0.3 is 11.8 Å². The topological polar surface area (TPSA) is 73.9 Å². The molecule has 2 aromatic rings. The number of nitrogens with one attached hydrogen (secondary N) is 2. The fourth-order valence-electron chi connectivity index (χ4n) is 3.37. The van der Waals surface area contributed by atoms with E-state index in [1.807, 2.05) is 29.6 Å². The molecule has 2 heterocycles. The van der Waals surface area contributed by atoms with E-state index in [0.29, 0.717) is 12.3 Å². The number of rotatable bonds is 7. The Balaban J connectivity index is 1.53. The summed E-state index contributed by atoms with van der Waals surface area (Å²) in [6.45, 7) is 4.55. The molecule has 0 spiro atoms.